The first-order valence-electron chi connectivity index (χ1n) is 6.59. The summed E-state index contributed by atoms with van der Waals surface area (Å²) in [5, 5.41) is 10.3. The Labute approximate surface area is 116 Å². The fourth-order valence-electron chi connectivity index (χ4n) is 1.77. The van der Waals surface area contributed by atoms with Gasteiger partial charge in [0.2, 0.25) is 0 Å². The van der Waals surface area contributed by atoms with Crippen LogP contribution in [-0.2, 0) is 0 Å². The van der Waals surface area contributed by atoms with E-state index in [-0.39, 0.29) is 11.0 Å². The Balaban J connectivity index is 3.09. The fourth-order valence-corrected chi connectivity index (χ4v) is 1.77. The Hall–Kier alpha value is -1.22. The van der Waals surface area contributed by atoms with E-state index in [1.54, 1.807) is 7.11 Å². The first kappa shape index (κ1) is 15.8. The van der Waals surface area contributed by atoms with Crippen LogP contribution in [0.3, 0.4) is 0 Å². The maximum atomic E-state index is 10.3. The molecule has 0 aromatic heterocycles. The van der Waals surface area contributed by atoms with E-state index in [1.807, 2.05) is 59.7 Å². The zero-order valence-electron chi connectivity index (χ0n) is 13.1. The summed E-state index contributed by atoms with van der Waals surface area (Å²) in [6, 6.07) is 5.59. The van der Waals surface area contributed by atoms with Gasteiger partial charge in [-0.25, -0.2) is 0 Å². The van der Waals surface area contributed by atoms with Crippen LogP contribution in [0, 0.1) is 5.41 Å². The van der Waals surface area contributed by atoms with Crippen molar-refractivity contribution in [3.8, 4) is 11.5 Å². The Morgan fingerprint density at radius 1 is 1.00 bits per heavy atom. The van der Waals surface area contributed by atoms with Gasteiger partial charge in [-0.15, -0.1) is 0 Å². The smallest absolute Gasteiger partial charge is 0.161 e. The molecule has 0 radical (unpaired) electrons. The molecule has 0 amide bonds. The van der Waals surface area contributed by atoms with Gasteiger partial charge in [-0.3, -0.25) is 0 Å². The second-order valence-corrected chi connectivity index (χ2v) is 6.89. The molecular formula is C16H26O3. The normalized spacial score (nSPS) is 14.1. The molecule has 1 N–H and O–H groups in total. The lowest BCUT2D eigenvalue weighted by Gasteiger charge is -2.27. The molecule has 0 saturated heterocycles. The van der Waals surface area contributed by atoms with E-state index >= 15 is 0 Å². The average Bonchev–Trinajstić information content (AvgIpc) is 2.25. The second kappa shape index (κ2) is 5.41. The van der Waals surface area contributed by atoms with E-state index in [0.29, 0.717) is 11.5 Å². The molecule has 108 valence electrons. The number of methoxy groups -OCH3 is 1. The van der Waals surface area contributed by atoms with Crippen molar-refractivity contribution >= 4 is 0 Å². The highest BCUT2D eigenvalue weighted by Gasteiger charge is 2.25. The fraction of sp³-hybridized carbons (Fsp3) is 0.625. The molecule has 3 nitrogen and oxygen atoms in total. The molecule has 1 aromatic carbocycles. The molecular weight excluding hydrogens is 240 g/mol. The zero-order valence-corrected chi connectivity index (χ0v) is 13.1. The number of aliphatic hydroxyl groups is 1. The first-order chi connectivity index (χ1) is 8.54. The van der Waals surface area contributed by atoms with Crippen LogP contribution in [0.5, 0.6) is 11.5 Å². The summed E-state index contributed by atoms with van der Waals surface area (Å²) < 4.78 is 11.2. The molecule has 0 saturated carbocycles. The highest BCUT2D eigenvalue weighted by Crippen LogP contribution is 2.38. The van der Waals surface area contributed by atoms with Gasteiger partial charge < -0.3 is 14.6 Å². The van der Waals surface area contributed by atoms with Gasteiger partial charge in [-0.1, -0.05) is 26.8 Å². The number of hydrogen-bond donors (Lipinski definition) is 1. The molecule has 3 heteroatoms. The summed E-state index contributed by atoms with van der Waals surface area (Å²) in [4.78, 5) is 0. The van der Waals surface area contributed by atoms with Crippen molar-refractivity contribution in [3.05, 3.63) is 23.8 Å². The van der Waals surface area contributed by atoms with Crippen molar-refractivity contribution in [2.75, 3.05) is 7.11 Å². The van der Waals surface area contributed by atoms with Crippen molar-refractivity contribution in [2.45, 2.75) is 53.2 Å². The van der Waals surface area contributed by atoms with Gasteiger partial charge in [0.25, 0.3) is 0 Å². The van der Waals surface area contributed by atoms with E-state index in [1.165, 1.54) is 0 Å². The number of rotatable bonds is 3. The molecule has 0 aliphatic heterocycles. The summed E-state index contributed by atoms with van der Waals surface area (Å²) in [5.74, 6) is 1.34. The molecule has 1 aromatic rings. The van der Waals surface area contributed by atoms with Gasteiger partial charge in [-0.2, -0.15) is 0 Å². The molecule has 0 spiro atoms. The third-order valence-corrected chi connectivity index (χ3v) is 2.74. The van der Waals surface area contributed by atoms with Crippen LogP contribution >= 0.6 is 0 Å². The number of ether oxygens (including phenoxy) is 2. The molecule has 0 fully saturated rings. The zero-order chi connectivity index (χ0) is 14.8. The Morgan fingerprint density at radius 2 is 1.58 bits per heavy atom. The molecule has 1 unspecified atom stereocenters. The summed E-state index contributed by atoms with van der Waals surface area (Å²) >= 11 is 0. The molecule has 1 rings (SSSR count). The quantitative estimate of drug-likeness (QED) is 0.900. The molecule has 0 aliphatic rings. The third kappa shape index (κ3) is 4.43. The topological polar surface area (TPSA) is 38.7 Å². The van der Waals surface area contributed by atoms with Crippen LogP contribution in [0.2, 0.25) is 0 Å². The van der Waals surface area contributed by atoms with Gasteiger partial charge in [-0.05, 0) is 43.9 Å². The largest absolute Gasteiger partial charge is 0.493 e. The summed E-state index contributed by atoms with van der Waals surface area (Å²) in [6.45, 7) is 12.0. The van der Waals surface area contributed by atoms with E-state index in [9.17, 15) is 5.11 Å². The second-order valence-electron chi connectivity index (χ2n) is 6.89. The molecule has 19 heavy (non-hydrogen) atoms. The predicted molar refractivity (Wildman–Crippen MR) is 77.8 cm³/mol. The number of aliphatic hydroxyl groups excluding tert-OH is 1. The molecule has 0 bridgehead atoms. The maximum Gasteiger partial charge on any atom is 0.161 e. The van der Waals surface area contributed by atoms with Gasteiger partial charge in [0.15, 0.2) is 11.5 Å². The minimum Gasteiger partial charge on any atom is -0.493 e. The van der Waals surface area contributed by atoms with Crippen LogP contribution in [0.1, 0.15) is 53.2 Å². The monoisotopic (exact) mass is 266 g/mol. The van der Waals surface area contributed by atoms with E-state index in [0.717, 1.165) is 5.56 Å². The molecule has 0 aliphatic carbocycles. The SMILES string of the molecule is COc1cc(C(O)C(C)(C)C)ccc1OC(C)(C)C. The Morgan fingerprint density at radius 3 is 2.00 bits per heavy atom. The Kier molecular flexibility index (Phi) is 4.51. The number of benzene rings is 1. The minimum atomic E-state index is -0.537. The van der Waals surface area contributed by atoms with E-state index < -0.39 is 6.10 Å². The highest BCUT2D eigenvalue weighted by molar-refractivity contribution is 5.44. The highest BCUT2D eigenvalue weighted by atomic mass is 16.5. The van der Waals surface area contributed by atoms with Crippen molar-refractivity contribution in [2.24, 2.45) is 5.41 Å². The van der Waals surface area contributed by atoms with Crippen LogP contribution < -0.4 is 9.47 Å². The lowest BCUT2D eigenvalue weighted by Crippen LogP contribution is -2.23. The molecule has 1 atom stereocenters. The minimum absolute atomic E-state index is 0.211. The summed E-state index contributed by atoms with van der Waals surface area (Å²) in [6.07, 6.45) is -0.537. The van der Waals surface area contributed by atoms with E-state index in [2.05, 4.69) is 0 Å². The van der Waals surface area contributed by atoms with Gasteiger partial charge in [0, 0.05) is 0 Å². The van der Waals surface area contributed by atoms with Crippen LogP contribution in [0.15, 0.2) is 18.2 Å². The molecule has 0 heterocycles. The lowest BCUT2D eigenvalue weighted by atomic mass is 9.85. The van der Waals surface area contributed by atoms with Crippen LogP contribution in [0.4, 0.5) is 0 Å². The summed E-state index contributed by atoms with van der Waals surface area (Å²) in [7, 11) is 1.61. The van der Waals surface area contributed by atoms with Gasteiger partial charge in [0.1, 0.15) is 5.60 Å². The maximum absolute atomic E-state index is 10.3. The van der Waals surface area contributed by atoms with Crippen molar-refractivity contribution < 1.29 is 14.6 Å². The third-order valence-electron chi connectivity index (χ3n) is 2.74. The first-order valence-corrected chi connectivity index (χ1v) is 6.59. The van der Waals surface area contributed by atoms with E-state index in [4.69, 9.17) is 9.47 Å². The standard InChI is InChI=1S/C16H26O3/c1-15(2,3)14(17)11-8-9-12(13(10-11)18-7)19-16(4,5)6/h8-10,14,17H,1-7H3. The number of hydrogen-bond acceptors (Lipinski definition) is 3. The van der Waals surface area contributed by atoms with Crippen LogP contribution in [-0.4, -0.2) is 17.8 Å². The van der Waals surface area contributed by atoms with Crippen molar-refractivity contribution in [1.82, 2.24) is 0 Å². The lowest BCUT2D eigenvalue weighted by molar-refractivity contribution is 0.0622. The van der Waals surface area contributed by atoms with Gasteiger partial charge in [0.05, 0.1) is 13.2 Å². The Bertz CT molecular complexity index is 425. The average molecular weight is 266 g/mol. The van der Waals surface area contributed by atoms with Crippen molar-refractivity contribution in [1.29, 1.82) is 0 Å². The van der Waals surface area contributed by atoms with Crippen molar-refractivity contribution in [3.63, 3.8) is 0 Å². The van der Waals surface area contributed by atoms with Crippen LogP contribution in [0.25, 0.3) is 0 Å². The predicted octanol–water partition coefficient (Wildman–Crippen LogP) is 3.95. The summed E-state index contributed by atoms with van der Waals surface area (Å²) in [5.41, 5.74) is 0.347. The van der Waals surface area contributed by atoms with Gasteiger partial charge >= 0.3 is 0 Å².